The first-order chi connectivity index (χ1) is 13.5. The van der Waals surface area contributed by atoms with Crippen LogP contribution in [0.5, 0.6) is 0 Å². The van der Waals surface area contributed by atoms with Crippen molar-refractivity contribution in [2.24, 2.45) is 0 Å². The molecular weight excluding hydrogens is 368 g/mol. The molecule has 1 aromatic carbocycles. The summed E-state index contributed by atoms with van der Waals surface area (Å²) in [5.41, 5.74) is 2.55. The Balaban J connectivity index is 2.39. The van der Waals surface area contributed by atoms with E-state index in [9.17, 15) is 4.79 Å². The minimum Gasteiger partial charge on any atom is -0.481 e. The van der Waals surface area contributed by atoms with Gasteiger partial charge in [0.05, 0.1) is 0 Å². The van der Waals surface area contributed by atoms with Gasteiger partial charge in [-0.3, -0.25) is 4.79 Å². The number of unbranched alkanes of at least 4 members (excludes halogenated alkanes) is 10. The van der Waals surface area contributed by atoms with Crippen molar-refractivity contribution >= 4 is 17.6 Å². The van der Waals surface area contributed by atoms with Crippen LogP contribution in [0.1, 0.15) is 120 Å². The van der Waals surface area contributed by atoms with Crippen LogP contribution in [0.3, 0.4) is 0 Å². The van der Waals surface area contributed by atoms with Crippen LogP contribution in [-0.4, -0.2) is 11.1 Å². The number of rotatable bonds is 17. The highest BCUT2D eigenvalue weighted by Crippen LogP contribution is 2.33. The van der Waals surface area contributed by atoms with Crippen molar-refractivity contribution in [2.75, 3.05) is 0 Å². The van der Waals surface area contributed by atoms with E-state index in [0.717, 1.165) is 24.3 Å². The van der Waals surface area contributed by atoms with Gasteiger partial charge in [-0.2, -0.15) is 0 Å². The van der Waals surface area contributed by atoms with E-state index in [2.05, 4.69) is 32.0 Å². The molecule has 0 fully saturated rings. The summed E-state index contributed by atoms with van der Waals surface area (Å²) in [4.78, 5) is 10.6. The minimum atomic E-state index is -0.677. The van der Waals surface area contributed by atoms with E-state index in [-0.39, 0.29) is 0 Å². The van der Waals surface area contributed by atoms with Gasteiger partial charge in [-0.1, -0.05) is 101 Å². The highest BCUT2D eigenvalue weighted by molar-refractivity contribution is 6.31. The van der Waals surface area contributed by atoms with Crippen LogP contribution in [0.4, 0.5) is 0 Å². The molecule has 1 N–H and O–H groups in total. The Bertz CT molecular complexity index is 541. The molecule has 0 aliphatic carbocycles. The maximum Gasteiger partial charge on any atom is 0.303 e. The molecule has 0 radical (unpaired) electrons. The molecule has 0 aromatic heterocycles. The van der Waals surface area contributed by atoms with Crippen molar-refractivity contribution in [3.8, 4) is 0 Å². The Morgan fingerprint density at radius 2 is 1.43 bits per heavy atom. The molecule has 1 aromatic rings. The third-order valence-electron chi connectivity index (χ3n) is 5.70. The zero-order valence-corrected chi connectivity index (χ0v) is 18.9. The lowest BCUT2D eigenvalue weighted by Gasteiger charge is -2.19. The van der Waals surface area contributed by atoms with E-state index in [4.69, 9.17) is 16.7 Å². The van der Waals surface area contributed by atoms with Crippen LogP contribution in [0.25, 0.3) is 0 Å². The molecule has 1 rings (SSSR count). The smallest absolute Gasteiger partial charge is 0.303 e. The first-order valence-electron chi connectivity index (χ1n) is 11.5. The molecule has 2 nitrogen and oxygen atoms in total. The fourth-order valence-electron chi connectivity index (χ4n) is 3.96. The van der Waals surface area contributed by atoms with E-state index in [1.54, 1.807) is 0 Å². The van der Waals surface area contributed by atoms with Crippen LogP contribution in [-0.2, 0) is 4.79 Å². The summed E-state index contributed by atoms with van der Waals surface area (Å²) in [6.07, 6.45) is 17.5. The lowest BCUT2D eigenvalue weighted by atomic mass is 9.87. The largest absolute Gasteiger partial charge is 0.481 e. The summed E-state index contributed by atoms with van der Waals surface area (Å²) in [6.45, 7) is 4.36. The number of carbonyl (C=O) groups is 1. The van der Waals surface area contributed by atoms with Crippen LogP contribution < -0.4 is 0 Å². The molecule has 0 heterocycles. The zero-order chi connectivity index (χ0) is 20.6. The first kappa shape index (κ1) is 25.0. The molecule has 3 heteroatoms. The van der Waals surface area contributed by atoms with Crippen LogP contribution >= 0.6 is 11.6 Å². The standard InChI is InChI=1S/C25H41ClO2/c1-3-4-5-6-7-9-12-15-22(23-19-18-21(2)20-24(23)26)16-13-10-8-11-14-17-25(27)28/h18-20,22H,3-17H2,1-2H3,(H,27,28). The Morgan fingerprint density at radius 1 is 0.893 bits per heavy atom. The topological polar surface area (TPSA) is 37.3 Å². The number of carboxylic acids is 1. The van der Waals surface area contributed by atoms with E-state index in [1.807, 2.05) is 0 Å². The molecule has 160 valence electrons. The van der Waals surface area contributed by atoms with Crippen molar-refractivity contribution in [1.29, 1.82) is 0 Å². The lowest BCUT2D eigenvalue weighted by molar-refractivity contribution is -0.137. The molecule has 1 unspecified atom stereocenters. The third-order valence-corrected chi connectivity index (χ3v) is 6.02. The number of benzene rings is 1. The van der Waals surface area contributed by atoms with Crippen molar-refractivity contribution in [2.45, 2.75) is 116 Å². The van der Waals surface area contributed by atoms with Gasteiger partial charge in [-0.15, -0.1) is 0 Å². The van der Waals surface area contributed by atoms with Gasteiger partial charge in [0, 0.05) is 11.4 Å². The minimum absolute atomic E-state index is 0.305. The Labute approximate surface area is 178 Å². The lowest BCUT2D eigenvalue weighted by Crippen LogP contribution is -2.01. The van der Waals surface area contributed by atoms with Gasteiger partial charge in [0.25, 0.3) is 0 Å². The molecule has 28 heavy (non-hydrogen) atoms. The number of aryl methyl sites for hydroxylation is 1. The molecule has 0 spiro atoms. The second kappa shape index (κ2) is 15.9. The summed E-state index contributed by atoms with van der Waals surface area (Å²) in [7, 11) is 0. The highest BCUT2D eigenvalue weighted by Gasteiger charge is 2.14. The van der Waals surface area contributed by atoms with Gasteiger partial charge in [0.1, 0.15) is 0 Å². The highest BCUT2D eigenvalue weighted by atomic mass is 35.5. The molecular formula is C25H41ClO2. The van der Waals surface area contributed by atoms with Gasteiger partial charge >= 0.3 is 5.97 Å². The van der Waals surface area contributed by atoms with Crippen molar-refractivity contribution in [3.05, 3.63) is 34.3 Å². The molecule has 0 amide bonds. The summed E-state index contributed by atoms with van der Waals surface area (Å²) in [5, 5.41) is 9.64. The van der Waals surface area contributed by atoms with E-state index >= 15 is 0 Å². The zero-order valence-electron chi connectivity index (χ0n) is 18.1. The summed E-state index contributed by atoms with van der Waals surface area (Å²) in [5.74, 6) is -0.119. The first-order valence-corrected chi connectivity index (χ1v) is 11.9. The van der Waals surface area contributed by atoms with Gasteiger partial charge in [-0.25, -0.2) is 0 Å². The molecule has 0 bridgehead atoms. The number of halogens is 1. The molecule has 1 atom stereocenters. The Kier molecular flexibility index (Phi) is 14.2. The second-order valence-corrected chi connectivity index (χ2v) is 8.74. The normalized spacial score (nSPS) is 12.2. The molecule has 0 aliphatic rings. The molecule has 0 aliphatic heterocycles. The average molecular weight is 409 g/mol. The third kappa shape index (κ3) is 11.7. The van der Waals surface area contributed by atoms with Crippen molar-refractivity contribution in [1.82, 2.24) is 0 Å². The van der Waals surface area contributed by atoms with Crippen molar-refractivity contribution in [3.63, 3.8) is 0 Å². The predicted octanol–water partition coefficient (Wildman–Crippen LogP) is 8.69. The maximum absolute atomic E-state index is 10.6. The maximum atomic E-state index is 10.6. The van der Waals surface area contributed by atoms with E-state index in [1.165, 1.54) is 81.8 Å². The quantitative estimate of drug-likeness (QED) is 0.261. The van der Waals surface area contributed by atoms with Gasteiger partial charge in [0.15, 0.2) is 0 Å². The van der Waals surface area contributed by atoms with Crippen LogP contribution in [0.15, 0.2) is 18.2 Å². The monoisotopic (exact) mass is 408 g/mol. The SMILES string of the molecule is CCCCCCCCCC(CCCCCCCC(=O)O)c1ccc(C)cc1Cl. The summed E-state index contributed by atoms with van der Waals surface area (Å²) >= 11 is 6.58. The number of carboxylic acid groups (broad SMARTS) is 1. The van der Waals surface area contributed by atoms with Gasteiger partial charge < -0.3 is 5.11 Å². The number of hydrogen-bond donors (Lipinski definition) is 1. The molecule has 0 saturated heterocycles. The van der Waals surface area contributed by atoms with Crippen LogP contribution in [0, 0.1) is 6.92 Å². The second-order valence-electron chi connectivity index (χ2n) is 8.33. The number of hydrogen-bond acceptors (Lipinski definition) is 1. The molecule has 0 saturated carbocycles. The van der Waals surface area contributed by atoms with Gasteiger partial charge in [0.2, 0.25) is 0 Å². The predicted molar refractivity (Wildman–Crippen MR) is 121 cm³/mol. The summed E-state index contributed by atoms with van der Waals surface area (Å²) in [6, 6.07) is 6.52. The van der Waals surface area contributed by atoms with Crippen LogP contribution in [0.2, 0.25) is 5.02 Å². The van der Waals surface area contributed by atoms with E-state index < -0.39 is 5.97 Å². The van der Waals surface area contributed by atoms with Gasteiger partial charge in [-0.05, 0) is 49.3 Å². The van der Waals surface area contributed by atoms with Crippen molar-refractivity contribution < 1.29 is 9.90 Å². The summed E-state index contributed by atoms with van der Waals surface area (Å²) < 4.78 is 0. The fraction of sp³-hybridized carbons (Fsp3) is 0.720. The number of aliphatic carboxylic acids is 1. The fourth-order valence-corrected chi connectivity index (χ4v) is 4.35. The average Bonchev–Trinajstić information content (AvgIpc) is 2.65. The Hall–Kier alpha value is -1.02. The van der Waals surface area contributed by atoms with E-state index in [0.29, 0.717) is 12.3 Å². The Morgan fingerprint density at radius 3 is 1.96 bits per heavy atom.